The van der Waals surface area contributed by atoms with Crippen LogP contribution in [0.5, 0.6) is 0 Å². The van der Waals surface area contributed by atoms with Crippen molar-refractivity contribution in [3.05, 3.63) is 71.4 Å². The Labute approximate surface area is 149 Å². The van der Waals surface area contributed by atoms with E-state index in [0.29, 0.717) is 35.6 Å². The fourth-order valence-electron chi connectivity index (χ4n) is 3.31. The molecule has 0 fully saturated rings. The van der Waals surface area contributed by atoms with Gasteiger partial charge in [0.25, 0.3) is 0 Å². The number of hydrogen-bond donors (Lipinski definition) is 1. The fourth-order valence-corrected chi connectivity index (χ4v) is 3.31. The second-order valence-electron chi connectivity index (χ2n) is 6.63. The molecule has 6 heteroatoms. The minimum atomic E-state index is -0.334. The van der Waals surface area contributed by atoms with Gasteiger partial charge in [0.1, 0.15) is 11.6 Å². The molecule has 1 aromatic heterocycles. The molecule has 4 nitrogen and oxygen atoms in total. The Hall–Kier alpha value is -3.02. The van der Waals surface area contributed by atoms with E-state index in [1.807, 2.05) is 6.92 Å². The number of hydrogen-bond acceptors (Lipinski definition) is 3. The molecule has 1 atom stereocenters. The van der Waals surface area contributed by atoms with E-state index in [1.165, 1.54) is 24.3 Å². The number of benzene rings is 2. The van der Waals surface area contributed by atoms with Gasteiger partial charge >= 0.3 is 0 Å². The maximum Gasteiger partial charge on any atom is 0.168 e. The molecular formula is C20H17F2N3O. The average Bonchev–Trinajstić information content (AvgIpc) is 2.96. The lowest BCUT2D eigenvalue weighted by atomic mass is 9.87. The van der Waals surface area contributed by atoms with Crippen molar-refractivity contribution in [1.82, 2.24) is 9.78 Å². The van der Waals surface area contributed by atoms with Crippen molar-refractivity contribution in [1.29, 1.82) is 0 Å². The molecule has 1 aliphatic carbocycles. The fraction of sp³-hybridized carbons (Fsp3) is 0.200. The molecule has 0 saturated heterocycles. The van der Waals surface area contributed by atoms with Gasteiger partial charge in [-0.1, -0.05) is 6.92 Å². The van der Waals surface area contributed by atoms with Crippen LogP contribution in [-0.2, 0) is 6.42 Å². The Morgan fingerprint density at radius 3 is 2.27 bits per heavy atom. The van der Waals surface area contributed by atoms with E-state index in [4.69, 9.17) is 0 Å². The highest BCUT2D eigenvalue weighted by molar-refractivity contribution is 6.03. The van der Waals surface area contributed by atoms with Crippen molar-refractivity contribution in [3.63, 3.8) is 0 Å². The topological polar surface area (TPSA) is 46.9 Å². The predicted octanol–water partition coefficient (Wildman–Crippen LogP) is 4.66. The van der Waals surface area contributed by atoms with Crippen LogP contribution >= 0.6 is 0 Å². The van der Waals surface area contributed by atoms with E-state index in [-0.39, 0.29) is 23.3 Å². The molecule has 0 bridgehead atoms. The molecule has 0 aliphatic heterocycles. The first-order chi connectivity index (χ1) is 12.5. The molecule has 0 saturated carbocycles. The van der Waals surface area contributed by atoms with Crippen molar-refractivity contribution < 1.29 is 13.6 Å². The summed E-state index contributed by atoms with van der Waals surface area (Å²) in [5, 5.41) is 7.68. The van der Waals surface area contributed by atoms with Crippen LogP contribution in [0.1, 0.15) is 29.4 Å². The summed E-state index contributed by atoms with van der Waals surface area (Å²) in [6, 6.07) is 11.9. The second-order valence-corrected chi connectivity index (χ2v) is 6.63. The van der Waals surface area contributed by atoms with Crippen LogP contribution < -0.4 is 5.32 Å². The van der Waals surface area contributed by atoms with Gasteiger partial charge in [0.15, 0.2) is 11.6 Å². The van der Waals surface area contributed by atoms with E-state index >= 15 is 0 Å². The number of halogens is 2. The highest BCUT2D eigenvalue weighted by atomic mass is 19.1. The monoisotopic (exact) mass is 353 g/mol. The molecule has 26 heavy (non-hydrogen) atoms. The second kappa shape index (κ2) is 6.37. The molecule has 0 radical (unpaired) electrons. The van der Waals surface area contributed by atoms with Gasteiger partial charge in [0.05, 0.1) is 16.9 Å². The number of anilines is 2. The summed E-state index contributed by atoms with van der Waals surface area (Å²) in [5.74, 6) is 0.0114. The number of nitrogens with zero attached hydrogens (tertiary/aromatic N) is 2. The van der Waals surface area contributed by atoms with E-state index in [9.17, 15) is 13.6 Å². The Balaban J connectivity index is 1.81. The van der Waals surface area contributed by atoms with Crippen LogP contribution in [0.4, 0.5) is 20.3 Å². The van der Waals surface area contributed by atoms with Crippen molar-refractivity contribution in [2.24, 2.45) is 5.92 Å². The first kappa shape index (κ1) is 16.4. The third-order valence-electron chi connectivity index (χ3n) is 4.51. The van der Waals surface area contributed by atoms with E-state index in [2.05, 4.69) is 10.4 Å². The number of rotatable bonds is 3. The zero-order chi connectivity index (χ0) is 18.3. The highest BCUT2D eigenvalue weighted by Gasteiger charge is 2.31. The van der Waals surface area contributed by atoms with E-state index in [0.717, 1.165) is 5.69 Å². The standard InChI is InChI=1S/C20H17F2N3O/c1-12-10-17-19(18(26)11-12)20(23-15-6-2-13(21)3-7-15)24-25(17)16-8-4-14(22)5-9-16/h2-9,12H,10-11H2,1H3,(H,23,24)/t12-/m1/s1. The van der Waals surface area contributed by atoms with Crippen LogP contribution in [0.15, 0.2) is 48.5 Å². The number of aromatic nitrogens is 2. The van der Waals surface area contributed by atoms with Crippen molar-refractivity contribution in [2.75, 3.05) is 5.32 Å². The first-order valence-electron chi connectivity index (χ1n) is 8.45. The third-order valence-corrected chi connectivity index (χ3v) is 4.51. The zero-order valence-electron chi connectivity index (χ0n) is 14.2. The molecule has 1 aliphatic rings. The number of carbonyl (C=O) groups excluding carboxylic acids is 1. The van der Waals surface area contributed by atoms with E-state index < -0.39 is 0 Å². The van der Waals surface area contributed by atoms with Crippen LogP contribution in [0.25, 0.3) is 5.69 Å². The maximum atomic E-state index is 13.3. The molecule has 132 valence electrons. The summed E-state index contributed by atoms with van der Waals surface area (Å²) >= 11 is 0. The third kappa shape index (κ3) is 2.98. The van der Waals surface area contributed by atoms with Gasteiger partial charge in [-0.3, -0.25) is 4.79 Å². The zero-order valence-corrected chi connectivity index (χ0v) is 14.2. The van der Waals surface area contributed by atoms with Crippen LogP contribution in [-0.4, -0.2) is 15.6 Å². The molecule has 1 heterocycles. The average molecular weight is 353 g/mol. The Kier molecular flexibility index (Phi) is 4.03. The number of nitrogens with one attached hydrogen (secondary N) is 1. The Bertz CT molecular complexity index is 962. The van der Waals surface area contributed by atoms with Crippen LogP contribution in [0.3, 0.4) is 0 Å². The maximum absolute atomic E-state index is 13.3. The first-order valence-corrected chi connectivity index (χ1v) is 8.45. The largest absolute Gasteiger partial charge is 0.338 e. The van der Waals surface area contributed by atoms with Gasteiger partial charge in [-0.2, -0.15) is 0 Å². The Morgan fingerprint density at radius 2 is 1.62 bits per heavy atom. The summed E-state index contributed by atoms with van der Waals surface area (Å²) in [4.78, 5) is 12.6. The molecule has 0 amide bonds. The number of fused-ring (bicyclic) bond motifs is 1. The van der Waals surface area contributed by atoms with Crippen molar-refractivity contribution in [3.8, 4) is 5.69 Å². The number of Topliss-reactive ketones (excluding diaryl/α,β-unsaturated/α-hetero) is 1. The summed E-state index contributed by atoms with van der Waals surface area (Å²) in [7, 11) is 0. The summed E-state index contributed by atoms with van der Waals surface area (Å²) in [6.45, 7) is 2.02. The molecule has 3 aromatic rings. The molecule has 0 unspecified atom stereocenters. The van der Waals surface area contributed by atoms with Crippen LogP contribution in [0, 0.1) is 17.6 Å². The summed E-state index contributed by atoms with van der Waals surface area (Å²) in [5.41, 5.74) is 2.70. The van der Waals surface area contributed by atoms with Crippen molar-refractivity contribution >= 4 is 17.3 Å². The Morgan fingerprint density at radius 1 is 1.00 bits per heavy atom. The smallest absolute Gasteiger partial charge is 0.168 e. The van der Waals surface area contributed by atoms with Gasteiger partial charge in [-0.05, 0) is 60.9 Å². The molecule has 0 spiro atoms. The molecule has 4 rings (SSSR count). The lowest BCUT2D eigenvalue weighted by molar-refractivity contribution is 0.0953. The lowest BCUT2D eigenvalue weighted by Crippen LogP contribution is -2.19. The van der Waals surface area contributed by atoms with Crippen LogP contribution in [0.2, 0.25) is 0 Å². The summed E-state index contributed by atoms with van der Waals surface area (Å²) < 4.78 is 28.1. The van der Waals surface area contributed by atoms with Gasteiger partial charge in [0, 0.05) is 12.1 Å². The SMILES string of the molecule is C[C@H]1CC(=O)c2c(Nc3ccc(F)cc3)nn(-c3ccc(F)cc3)c2C1. The van der Waals surface area contributed by atoms with Gasteiger partial charge in [-0.25, -0.2) is 13.5 Å². The summed E-state index contributed by atoms with van der Waals surface area (Å²) in [6.07, 6.45) is 1.16. The number of carbonyl (C=O) groups is 1. The molecule has 1 N–H and O–H groups in total. The van der Waals surface area contributed by atoms with Gasteiger partial charge in [-0.15, -0.1) is 5.10 Å². The normalized spacial score (nSPS) is 16.4. The molecule has 2 aromatic carbocycles. The van der Waals surface area contributed by atoms with Crippen molar-refractivity contribution in [2.45, 2.75) is 19.8 Å². The number of ketones is 1. The lowest BCUT2D eigenvalue weighted by Gasteiger charge is -2.19. The minimum Gasteiger partial charge on any atom is -0.338 e. The van der Waals surface area contributed by atoms with Gasteiger partial charge < -0.3 is 5.32 Å². The quantitative estimate of drug-likeness (QED) is 0.745. The van der Waals surface area contributed by atoms with Gasteiger partial charge in [0.2, 0.25) is 0 Å². The highest BCUT2D eigenvalue weighted by Crippen LogP contribution is 2.33. The molecular weight excluding hydrogens is 336 g/mol. The predicted molar refractivity (Wildman–Crippen MR) is 95.0 cm³/mol. The minimum absolute atomic E-state index is 0.0247. The van der Waals surface area contributed by atoms with E-state index in [1.54, 1.807) is 28.9 Å².